The highest BCUT2D eigenvalue weighted by atomic mass is 14.1. The van der Waals surface area contributed by atoms with E-state index in [-0.39, 0.29) is 0 Å². The molecule has 0 spiro atoms. The quantitative estimate of drug-likeness (QED) is 0.447. The largest absolute Gasteiger partial charge is 0.139 e. The summed E-state index contributed by atoms with van der Waals surface area (Å²) in [5.41, 5.74) is 15.7. The van der Waals surface area contributed by atoms with E-state index in [1.54, 1.807) is 0 Å². The van der Waals surface area contributed by atoms with Crippen molar-refractivity contribution < 1.29 is 0 Å². The SMILES string of the molecule is Bc1cc(-c2c(B)c(B)c(B)c(B)c2B)c(B)c(B)c1B. The van der Waals surface area contributed by atoms with Gasteiger partial charge in [0, 0.05) is 0 Å². The molecule has 0 aliphatic rings. The van der Waals surface area contributed by atoms with E-state index in [2.05, 4.69) is 76.7 Å². The maximum Gasteiger partial charge on any atom is 0.139 e. The van der Waals surface area contributed by atoms with Crippen LogP contribution >= 0.6 is 0 Å². The smallest absolute Gasteiger partial charge is 0.102 e. The molecule has 2 aromatic rings. The maximum absolute atomic E-state index is 2.38. The van der Waals surface area contributed by atoms with Crippen molar-refractivity contribution in [2.75, 3.05) is 0 Å². The topological polar surface area (TPSA) is 0 Å². The van der Waals surface area contributed by atoms with Crippen molar-refractivity contribution in [2.24, 2.45) is 0 Å². The molecule has 0 amide bonds. The second-order valence-electron chi connectivity index (χ2n) is 6.62. The minimum atomic E-state index is 1.39. The second kappa shape index (κ2) is 5.67. The Labute approximate surface area is 137 Å². The summed E-state index contributed by atoms with van der Waals surface area (Å²) >= 11 is 0. The van der Waals surface area contributed by atoms with Crippen LogP contribution in [0, 0.1) is 0 Å². The van der Waals surface area contributed by atoms with Crippen molar-refractivity contribution in [2.45, 2.75) is 0 Å². The van der Waals surface area contributed by atoms with E-state index < -0.39 is 0 Å². The van der Waals surface area contributed by atoms with E-state index in [1.807, 2.05) is 0 Å². The van der Waals surface area contributed by atoms with Gasteiger partial charge in [-0.15, -0.1) is 27.3 Å². The van der Waals surface area contributed by atoms with Crippen LogP contribution in [0.5, 0.6) is 0 Å². The van der Waals surface area contributed by atoms with Crippen LogP contribution in [0.15, 0.2) is 6.07 Å². The summed E-state index contributed by atoms with van der Waals surface area (Å²) in [7, 11) is 20.3. The van der Waals surface area contributed by atoms with E-state index in [0.29, 0.717) is 0 Å². The van der Waals surface area contributed by atoms with Gasteiger partial charge in [-0.2, -0.15) is 0 Å². The summed E-state index contributed by atoms with van der Waals surface area (Å²) in [6.07, 6.45) is 0. The molecule has 0 saturated carbocycles. The zero-order chi connectivity index (χ0) is 16.1. The van der Waals surface area contributed by atoms with Gasteiger partial charge in [-0.25, -0.2) is 0 Å². The molecule has 9 heteroatoms. The molecule has 2 aromatic carbocycles. The van der Waals surface area contributed by atoms with E-state index in [1.165, 1.54) is 60.3 Å². The molecule has 0 heterocycles. The van der Waals surface area contributed by atoms with Crippen molar-refractivity contribution in [3.63, 3.8) is 0 Å². The molecule has 0 N–H and O–H groups in total. The molecule has 94 valence electrons. The predicted octanol–water partition coefficient (Wildman–Crippen LogP) is -12.3. The normalized spacial score (nSPS) is 10.7. The third-order valence-electron chi connectivity index (χ3n) is 5.75. The molecule has 0 radical (unpaired) electrons. The van der Waals surface area contributed by atoms with Crippen LogP contribution in [0.1, 0.15) is 0 Å². The van der Waals surface area contributed by atoms with Crippen LogP contribution in [-0.2, 0) is 0 Å². The fraction of sp³-hybridized carbons (Fsp3) is 0. The molecule has 0 unspecified atom stereocenters. The lowest BCUT2D eigenvalue weighted by Gasteiger charge is -2.24. The van der Waals surface area contributed by atoms with Crippen LogP contribution in [0.3, 0.4) is 0 Å². The molecule has 2 rings (SSSR count). The van der Waals surface area contributed by atoms with Gasteiger partial charge in [0.1, 0.15) is 70.6 Å². The van der Waals surface area contributed by atoms with E-state index in [9.17, 15) is 0 Å². The monoisotopic (exact) mass is 262 g/mol. The number of hydrogen-bond acceptors (Lipinski definition) is 0. The van der Waals surface area contributed by atoms with Crippen LogP contribution in [0.2, 0.25) is 0 Å². The Balaban J connectivity index is 2.93. The first-order chi connectivity index (χ1) is 9.68. The van der Waals surface area contributed by atoms with Crippen molar-refractivity contribution in [3.8, 4) is 11.1 Å². The van der Waals surface area contributed by atoms with Gasteiger partial charge < -0.3 is 0 Å². The maximum atomic E-state index is 2.38. The van der Waals surface area contributed by atoms with E-state index in [0.717, 1.165) is 0 Å². The van der Waals surface area contributed by atoms with Crippen molar-refractivity contribution in [1.29, 1.82) is 0 Å². The minimum absolute atomic E-state index is 1.39. The van der Waals surface area contributed by atoms with E-state index >= 15 is 0 Å². The Morgan fingerprint density at radius 1 is 0.429 bits per heavy atom. The third-order valence-corrected chi connectivity index (χ3v) is 5.75. The summed E-state index contributed by atoms with van der Waals surface area (Å²) in [6.45, 7) is 0. The van der Waals surface area contributed by atoms with Crippen molar-refractivity contribution >= 4 is 120 Å². The Kier molecular flexibility index (Phi) is 4.42. The van der Waals surface area contributed by atoms with Crippen LogP contribution in [0.4, 0.5) is 0 Å². The van der Waals surface area contributed by atoms with Crippen LogP contribution in [0.25, 0.3) is 11.1 Å². The van der Waals surface area contributed by atoms with Gasteiger partial charge in [-0.3, -0.25) is 0 Å². The lowest BCUT2D eigenvalue weighted by Crippen LogP contribution is -2.56. The lowest BCUT2D eigenvalue weighted by molar-refractivity contribution is 1.85. The molecule has 0 aromatic heterocycles. The molecule has 0 saturated heterocycles. The summed E-state index contributed by atoms with van der Waals surface area (Å²) in [6, 6.07) is 2.38. The predicted molar refractivity (Wildman–Crippen MR) is 125 cm³/mol. The molecule has 0 aliphatic heterocycles. The van der Waals surface area contributed by atoms with Gasteiger partial charge >= 0.3 is 0 Å². The van der Waals surface area contributed by atoms with Crippen molar-refractivity contribution in [1.82, 2.24) is 0 Å². The fourth-order valence-electron chi connectivity index (χ4n) is 3.38. The third kappa shape index (κ3) is 2.49. The standard InChI is InChI=1S/C12H19B9/c13-3-1-2(5(14)9(18)6(3)15)4-7(16)10(19)12(21)11(20)8(4)17/h1H,13-21H2. The Morgan fingerprint density at radius 2 is 0.810 bits per heavy atom. The fourth-order valence-corrected chi connectivity index (χ4v) is 3.38. The first-order valence-electron chi connectivity index (χ1n) is 7.83. The number of rotatable bonds is 1. The lowest BCUT2D eigenvalue weighted by atomic mass is 9.57. The molecule has 0 nitrogen and oxygen atoms in total. The Morgan fingerprint density at radius 3 is 1.29 bits per heavy atom. The Bertz CT molecular complexity index is 722. The van der Waals surface area contributed by atoms with Crippen LogP contribution < -0.4 is 49.2 Å². The molecule has 0 aliphatic carbocycles. The Hall–Kier alpha value is -0.976. The van der Waals surface area contributed by atoms with E-state index in [4.69, 9.17) is 0 Å². The molecular weight excluding hydrogens is 241 g/mol. The molecule has 0 fully saturated rings. The van der Waals surface area contributed by atoms with Gasteiger partial charge in [-0.1, -0.05) is 27.9 Å². The van der Waals surface area contributed by atoms with Crippen LogP contribution in [-0.4, -0.2) is 70.6 Å². The van der Waals surface area contributed by atoms with Gasteiger partial charge in [0.2, 0.25) is 0 Å². The number of benzene rings is 2. The zero-order valence-electron chi connectivity index (χ0n) is 15.1. The van der Waals surface area contributed by atoms with Gasteiger partial charge in [-0.05, 0) is 11.1 Å². The summed E-state index contributed by atoms with van der Waals surface area (Å²) < 4.78 is 0. The van der Waals surface area contributed by atoms with Gasteiger partial charge in [0.25, 0.3) is 0 Å². The summed E-state index contributed by atoms with van der Waals surface area (Å²) in [5, 5.41) is 0. The molecular formula is C12H19B9. The first-order valence-corrected chi connectivity index (χ1v) is 7.83. The number of hydrogen-bond donors (Lipinski definition) is 0. The second-order valence-corrected chi connectivity index (χ2v) is 6.62. The molecule has 21 heavy (non-hydrogen) atoms. The summed E-state index contributed by atoms with van der Waals surface area (Å²) in [5.74, 6) is 0. The highest BCUT2D eigenvalue weighted by molar-refractivity contribution is 6.70. The summed E-state index contributed by atoms with van der Waals surface area (Å²) in [4.78, 5) is 0. The molecule has 0 atom stereocenters. The van der Waals surface area contributed by atoms with Crippen molar-refractivity contribution in [3.05, 3.63) is 6.07 Å². The zero-order valence-corrected chi connectivity index (χ0v) is 15.1. The highest BCUT2D eigenvalue weighted by Gasteiger charge is 2.16. The highest BCUT2D eigenvalue weighted by Crippen LogP contribution is 2.07. The average molecular weight is 261 g/mol. The minimum Gasteiger partial charge on any atom is -0.102 e. The van der Waals surface area contributed by atoms with Gasteiger partial charge in [0.15, 0.2) is 0 Å². The van der Waals surface area contributed by atoms with Gasteiger partial charge in [0.05, 0.1) is 0 Å². The first kappa shape index (κ1) is 16.4. The molecule has 0 bridgehead atoms. The average Bonchev–Trinajstić information content (AvgIpc) is 2.46.